The van der Waals surface area contributed by atoms with Gasteiger partial charge in [0.1, 0.15) is 0 Å². The van der Waals surface area contributed by atoms with E-state index in [2.05, 4.69) is 5.10 Å². The molecule has 0 fully saturated rings. The molecule has 2 rings (SSSR count). The summed E-state index contributed by atoms with van der Waals surface area (Å²) in [4.78, 5) is 11.5. The normalized spacial score (nSPS) is 12.3. The number of aromatic nitrogens is 2. The monoisotopic (exact) mass is 338 g/mol. The van der Waals surface area contributed by atoms with Crippen molar-refractivity contribution in [2.24, 2.45) is 0 Å². The minimum atomic E-state index is -4.37. The van der Waals surface area contributed by atoms with E-state index in [1.165, 1.54) is 22.9 Å². The molecule has 128 valence electrons. The van der Waals surface area contributed by atoms with Gasteiger partial charge in [-0.05, 0) is 50.6 Å². The Bertz CT molecular complexity index is 759. The molecule has 0 aliphatic heterocycles. The molecular weight excluding hydrogens is 321 g/mol. The van der Waals surface area contributed by atoms with Crippen LogP contribution >= 0.6 is 0 Å². The molecule has 4 nitrogen and oxygen atoms in total. The van der Waals surface area contributed by atoms with E-state index >= 15 is 0 Å². The van der Waals surface area contributed by atoms with E-state index in [1.807, 2.05) is 0 Å². The molecule has 1 aromatic heterocycles. The lowest BCUT2D eigenvalue weighted by Gasteiger charge is -2.07. The summed E-state index contributed by atoms with van der Waals surface area (Å²) >= 11 is 0. The summed E-state index contributed by atoms with van der Waals surface area (Å²) in [6.45, 7) is 5.51. The van der Waals surface area contributed by atoms with Gasteiger partial charge in [0.05, 0.1) is 23.6 Å². The molecule has 0 amide bonds. The lowest BCUT2D eigenvalue weighted by molar-refractivity contribution is -0.138. The van der Waals surface area contributed by atoms with Gasteiger partial charge in [0.2, 0.25) is 0 Å². The molecule has 0 spiro atoms. The number of hydrogen-bond donors (Lipinski definition) is 0. The van der Waals surface area contributed by atoms with Gasteiger partial charge in [-0.2, -0.15) is 18.3 Å². The zero-order chi connectivity index (χ0) is 17.9. The van der Waals surface area contributed by atoms with Crippen molar-refractivity contribution >= 4 is 11.5 Å². The Morgan fingerprint density at radius 1 is 1.29 bits per heavy atom. The fraction of sp³-hybridized carbons (Fsp3) is 0.294. The van der Waals surface area contributed by atoms with Gasteiger partial charge >= 0.3 is 12.1 Å². The summed E-state index contributed by atoms with van der Waals surface area (Å²) in [7, 11) is 0. The molecule has 0 saturated heterocycles. The highest BCUT2D eigenvalue weighted by atomic mass is 19.4. The number of esters is 1. The number of aryl methyl sites for hydroxylation is 1. The lowest BCUT2D eigenvalue weighted by atomic mass is 10.1. The third kappa shape index (κ3) is 4.04. The summed E-state index contributed by atoms with van der Waals surface area (Å²) in [5.74, 6) is -0.448. The van der Waals surface area contributed by atoms with Crippen LogP contribution in [0, 0.1) is 6.92 Å². The Hall–Kier alpha value is -2.57. The van der Waals surface area contributed by atoms with Crippen LogP contribution in [0.2, 0.25) is 0 Å². The van der Waals surface area contributed by atoms with Crippen molar-refractivity contribution in [2.75, 3.05) is 6.61 Å². The molecule has 0 bridgehead atoms. The van der Waals surface area contributed by atoms with Crippen LogP contribution < -0.4 is 0 Å². The maximum absolute atomic E-state index is 12.6. The number of carbonyl (C=O) groups excluding carboxylic acids is 1. The highest BCUT2D eigenvalue weighted by molar-refractivity contribution is 5.91. The Labute approximate surface area is 137 Å². The van der Waals surface area contributed by atoms with Crippen LogP contribution in [0.5, 0.6) is 0 Å². The summed E-state index contributed by atoms with van der Waals surface area (Å²) in [5.41, 5.74) is 1.84. The molecule has 0 radical (unpaired) electrons. The van der Waals surface area contributed by atoms with Gasteiger partial charge < -0.3 is 4.74 Å². The van der Waals surface area contributed by atoms with Crippen LogP contribution in [0.3, 0.4) is 0 Å². The quantitative estimate of drug-likeness (QED) is 0.621. The Morgan fingerprint density at radius 3 is 2.46 bits per heavy atom. The average molecular weight is 338 g/mol. The van der Waals surface area contributed by atoms with E-state index < -0.39 is 17.7 Å². The number of nitrogens with zero attached hydrogens (tertiary/aromatic N) is 2. The van der Waals surface area contributed by atoms with Gasteiger partial charge in [-0.15, -0.1) is 0 Å². The third-order valence-electron chi connectivity index (χ3n) is 3.40. The van der Waals surface area contributed by atoms with Crippen molar-refractivity contribution in [1.82, 2.24) is 9.78 Å². The maximum Gasteiger partial charge on any atom is 0.416 e. The molecule has 2 aromatic rings. The van der Waals surface area contributed by atoms with Crippen LogP contribution in [0.1, 0.15) is 30.7 Å². The first-order valence-corrected chi connectivity index (χ1v) is 7.31. The molecule has 1 heterocycles. The predicted octanol–water partition coefficient (Wildman–Crippen LogP) is 4.17. The molecule has 0 saturated carbocycles. The first-order chi connectivity index (χ1) is 11.2. The van der Waals surface area contributed by atoms with Crippen molar-refractivity contribution in [2.45, 2.75) is 26.9 Å². The third-order valence-corrected chi connectivity index (χ3v) is 3.40. The average Bonchev–Trinajstić information content (AvgIpc) is 2.89. The highest BCUT2D eigenvalue weighted by Gasteiger charge is 2.30. The number of rotatable bonds is 4. The fourth-order valence-electron chi connectivity index (χ4n) is 2.22. The van der Waals surface area contributed by atoms with Crippen LogP contribution in [0.25, 0.3) is 11.3 Å². The smallest absolute Gasteiger partial charge is 0.416 e. The second kappa shape index (κ2) is 6.90. The molecule has 0 atom stereocenters. The predicted molar refractivity (Wildman–Crippen MR) is 83.6 cm³/mol. The van der Waals surface area contributed by atoms with Crippen LogP contribution in [0.4, 0.5) is 13.2 Å². The van der Waals surface area contributed by atoms with E-state index in [-0.39, 0.29) is 6.61 Å². The number of allylic oxidation sites excluding steroid dienone is 1. The summed E-state index contributed by atoms with van der Waals surface area (Å²) < 4.78 is 44.2. The van der Waals surface area contributed by atoms with Gasteiger partial charge in [-0.3, -0.25) is 0 Å². The number of ether oxygens (including phenoxy) is 1. The topological polar surface area (TPSA) is 44.1 Å². The number of hydrogen-bond acceptors (Lipinski definition) is 3. The van der Waals surface area contributed by atoms with Gasteiger partial charge in [-0.25, -0.2) is 9.48 Å². The van der Waals surface area contributed by atoms with E-state index in [0.717, 1.165) is 17.7 Å². The van der Waals surface area contributed by atoms with E-state index in [0.29, 0.717) is 17.0 Å². The Morgan fingerprint density at radius 2 is 1.92 bits per heavy atom. The van der Waals surface area contributed by atoms with Crippen molar-refractivity contribution in [3.8, 4) is 5.69 Å². The molecule has 7 heteroatoms. The maximum atomic E-state index is 12.6. The van der Waals surface area contributed by atoms with E-state index in [1.54, 1.807) is 27.0 Å². The summed E-state index contributed by atoms with van der Waals surface area (Å²) in [5, 5.41) is 4.29. The van der Waals surface area contributed by atoms with Crippen molar-refractivity contribution in [3.63, 3.8) is 0 Å². The standard InChI is InChI=1S/C17H17F3N2O2/c1-4-24-16(23)9-11(2)15-10-22(21-12(15)3)14-7-5-13(6-8-14)17(18,19)20/h5-10H,4H2,1-3H3/b11-9-. The molecule has 0 unspecified atom stereocenters. The van der Waals surface area contributed by atoms with Crippen molar-refractivity contribution in [1.29, 1.82) is 0 Å². The lowest BCUT2D eigenvalue weighted by Crippen LogP contribution is -2.05. The number of carbonyl (C=O) groups is 1. The Kier molecular flexibility index (Phi) is 5.11. The van der Waals surface area contributed by atoms with Crippen molar-refractivity contribution in [3.05, 3.63) is 53.4 Å². The van der Waals surface area contributed by atoms with Gasteiger partial charge in [0, 0.05) is 17.8 Å². The minimum absolute atomic E-state index is 0.284. The number of alkyl halides is 3. The van der Waals surface area contributed by atoms with Crippen LogP contribution in [0.15, 0.2) is 36.5 Å². The molecule has 0 N–H and O–H groups in total. The van der Waals surface area contributed by atoms with E-state index in [9.17, 15) is 18.0 Å². The van der Waals surface area contributed by atoms with Crippen LogP contribution in [-0.4, -0.2) is 22.4 Å². The molecule has 1 aromatic carbocycles. The summed E-state index contributed by atoms with van der Waals surface area (Å²) in [6, 6.07) is 4.72. The molecule has 24 heavy (non-hydrogen) atoms. The van der Waals surface area contributed by atoms with E-state index in [4.69, 9.17) is 4.74 Å². The zero-order valence-electron chi connectivity index (χ0n) is 13.5. The molecule has 0 aliphatic rings. The zero-order valence-corrected chi connectivity index (χ0v) is 13.5. The first-order valence-electron chi connectivity index (χ1n) is 7.31. The highest BCUT2D eigenvalue weighted by Crippen LogP contribution is 2.29. The SMILES string of the molecule is CCOC(=O)/C=C(/C)c1cn(-c2ccc(C(F)(F)F)cc2)nc1C. The van der Waals surface area contributed by atoms with Gasteiger partial charge in [-0.1, -0.05) is 0 Å². The summed E-state index contributed by atoms with van der Waals surface area (Å²) in [6.07, 6.45) is -1.34. The van der Waals surface area contributed by atoms with Gasteiger partial charge in [0.15, 0.2) is 0 Å². The minimum Gasteiger partial charge on any atom is -0.463 e. The molecular formula is C17H17F3N2O2. The Balaban J connectivity index is 2.30. The first kappa shape index (κ1) is 17.8. The van der Waals surface area contributed by atoms with Crippen LogP contribution in [-0.2, 0) is 15.7 Å². The largest absolute Gasteiger partial charge is 0.463 e. The van der Waals surface area contributed by atoms with Gasteiger partial charge in [0.25, 0.3) is 0 Å². The number of benzene rings is 1. The fourth-order valence-corrected chi connectivity index (χ4v) is 2.22. The second-order valence-electron chi connectivity index (χ2n) is 5.20. The molecule has 0 aliphatic carbocycles. The number of halogens is 3. The van der Waals surface area contributed by atoms with Crippen molar-refractivity contribution < 1.29 is 22.7 Å². The second-order valence-corrected chi connectivity index (χ2v) is 5.20.